The molecule has 0 aromatic carbocycles. The van der Waals surface area contributed by atoms with Crippen molar-refractivity contribution in [1.82, 2.24) is 0 Å². The third kappa shape index (κ3) is 3.37. The third-order valence-corrected chi connectivity index (χ3v) is 2.34. The summed E-state index contributed by atoms with van der Waals surface area (Å²) in [6, 6.07) is 0. The molecule has 1 atom stereocenters. The van der Waals surface area contributed by atoms with Gasteiger partial charge in [-0.05, 0) is 25.2 Å². The van der Waals surface area contributed by atoms with Crippen LogP contribution in [0.2, 0.25) is 0 Å². The largest absolute Gasteiger partial charge is 0.396 e. The molecule has 0 aliphatic carbocycles. The Morgan fingerprint density at radius 2 is 2.08 bits per heavy atom. The molecule has 0 aliphatic heterocycles. The minimum Gasteiger partial charge on any atom is -0.396 e. The maximum atomic E-state index is 10.0. The van der Waals surface area contributed by atoms with Gasteiger partial charge >= 0.3 is 0 Å². The summed E-state index contributed by atoms with van der Waals surface area (Å²) in [5.74, 6) is 0.210. The Hall–Kier alpha value is -0.340. The number of hydrogen-bond acceptors (Lipinski definition) is 2. The fourth-order valence-electron chi connectivity index (χ4n) is 1.26. The molecule has 0 bridgehead atoms. The van der Waals surface area contributed by atoms with E-state index in [1.54, 1.807) is 6.08 Å². The molecule has 12 heavy (non-hydrogen) atoms. The van der Waals surface area contributed by atoms with Crippen LogP contribution in [-0.2, 0) is 0 Å². The molecule has 0 fully saturated rings. The van der Waals surface area contributed by atoms with E-state index in [1.165, 1.54) is 0 Å². The molecule has 0 aliphatic rings. The lowest BCUT2D eigenvalue weighted by Crippen LogP contribution is -2.34. The van der Waals surface area contributed by atoms with E-state index in [1.807, 2.05) is 13.8 Å². The Balaban J connectivity index is 4.07. The first-order valence-corrected chi connectivity index (χ1v) is 4.51. The summed E-state index contributed by atoms with van der Waals surface area (Å²) in [6.45, 7) is 7.73. The molecule has 1 unspecified atom stereocenters. The van der Waals surface area contributed by atoms with Crippen LogP contribution in [0.3, 0.4) is 0 Å². The molecule has 0 radical (unpaired) electrons. The maximum Gasteiger partial charge on any atom is 0.0705 e. The maximum absolute atomic E-state index is 10.0. The van der Waals surface area contributed by atoms with Gasteiger partial charge in [-0.3, -0.25) is 0 Å². The second-order valence-electron chi connectivity index (χ2n) is 3.58. The first kappa shape index (κ1) is 11.7. The van der Waals surface area contributed by atoms with Crippen molar-refractivity contribution >= 4 is 0 Å². The Morgan fingerprint density at radius 3 is 2.42 bits per heavy atom. The zero-order valence-corrected chi connectivity index (χ0v) is 8.08. The van der Waals surface area contributed by atoms with E-state index in [4.69, 9.17) is 5.11 Å². The predicted octanol–water partition coefficient (Wildman–Crippen LogP) is 1.72. The van der Waals surface area contributed by atoms with E-state index in [2.05, 4.69) is 6.58 Å². The van der Waals surface area contributed by atoms with Gasteiger partial charge in [0.15, 0.2) is 0 Å². The Kier molecular flexibility index (Phi) is 5.18. The predicted molar refractivity (Wildman–Crippen MR) is 50.9 cm³/mol. The average molecular weight is 172 g/mol. The lowest BCUT2D eigenvalue weighted by atomic mass is 9.83. The molecule has 0 spiro atoms. The lowest BCUT2D eigenvalue weighted by Gasteiger charge is -2.31. The first-order chi connectivity index (χ1) is 5.56. The molecular formula is C10H20O2. The highest BCUT2D eigenvalue weighted by Crippen LogP contribution is 2.26. The highest BCUT2D eigenvalue weighted by atomic mass is 16.3. The summed E-state index contributed by atoms with van der Waals surface area (Å²) >= 11 is 0. The summed E-state index contributed by atoms with van der Waals surface area (Å²) in [5.41, 5.74) is -0.676. The van der Waals surface area contributed by atoms with Crippen LogP contribution in [0.5, 0.6) is 0 Å². The minimum absolute atomic E-state index is 0.145. The molecule has 0 rings (SSSR count). The molecule has 0 aromatic rings. The summed E-state index contributed by atoms with van der Waals surface area (Å²) in [4.78, 5) is 0. The van der Waals surface area contributed by atoms with Gasteiger partial charge < -0.3 is 10.2 Å². The number of aliphatic hydroxyl groups is 2. The zero-order chi connectivity index (χ0) is 9.61. The summed E-state index contributed by atoms with van der Waals surface area (Å²) in [7, 11) is 0. The molecular weight excluding hydrogens is 152 g/mol. The smallest absolute Gasteiger partial charge is 0.0705 e. The van der Waals surface area contributed by atoms with E-state index in [0.717, 1.165) is 0 Å². The number of aliphatic hydroxyl groups excluding tert-OH is 1. The van der Waals surface area contributed by atoms with Crippen LogP contribution in [-0.4, -0.2) is 22.4 Å². The van der Waals surface area contributed by atoms with Crippen LogP contribution in [0.4, 0.5) is 0 Å². The van der Waals surface area contributed by atoms with Gasteiger partial charge in [0.25, 0.3) is 0 Å². The lowest BCUT2D eigenvalue weighted by molar-refractivity contribution is -0.0151. The van der Waals surface area contributed by atoms with Crippen molar-refractivity contribution in [3.05, 3.63) is 12.7 Å². The van der Waals surface area contributed by atoms with Crippen LogP contribution in [0.1, 0.15) is 33.1 Å². The van der Waals surface area contributed by atoms with Gasteiger partial charge in [-0.1, -0.05) is 19.9 Å². The van der Waals surface area contributed by atoms with E-state index in [-0.39, 0.29) is 12.5 Å². The molecule has 72 valence electrons. The van der Waals surface area contributed by atoms with Gasteiger partial charge in [0.05, 0.1) is 5.60 Å². The zero-order valence-electron chi connectivity index (χ0n) is 8.08. The molecule has 0 amide bonds. The average Bonchev–Trinajstić information content (AvgIpc) is 2.01. The van der Waals surface area contributed by atoms with Crippen molar-refractivity contribution in [3.63, 3.8) is 0 Å². The molecule has 2 nitrogen and oxygen atoms in total. The van der Waals surface area contributed by atoms with Crippen LogP contribution < -0.4 is 0 Å². The van der Waals surface area contributed by atoms with Gasteiger partial charge in [-0.2, -0.15) is 0 Å². The van der Waals surface area contributed by atoms with E-state index < -0.39 is 5.60 Å². The van der Waals surface area contributed by atoms with Crippen LogP contribution in [0.25, 0.3) is 0 Å². The number of hydrogen-bond donors (Lipinski definition) is 2. The van der Waals surface area contributed by atoms with Crippen molar-refractivity contribution in [2.75, 3.05) is 6.61 Å². The fraction of sp³-hybridized carbons (Fsp3) is 0.800. The summed E-state index contributed by atoms with van der Waals surface area (Å²) < 4.78 is 0. The SMILES string of the molecule is C=CCC(O)(CCCO)C(C)C. The Morgan fingerprint density at radius 1 is 1.50 bits per heavy atom. The normalized spacial score (nSPS) is 16.1. The van der Waals surface area contributed by atoms with E-state index in [0.29, 0.717) is 19.3 Å². The van der Waals surface area contributed by atoms with E-state index >= 15 is 0 Å². The minimum atomic E-state index is -0.676. The van der Waals surface area contributed by atoms with Crippen molar-refractivity contribution < 1.29 is 10.2 Å². The van der Waals surface area contributed by atoms with Gasteiger partial charge in [0.1, 0.15) is 0 Å². The third-order valence-electron chi connectivity index (χ3n) is 2.34. The highest BCUT2D eigenvalue weighted by Gasteiger charge is 2.28. The van der Waals surface area contributed by atoms with Crippen molar-refractivity contribution in [2.45, 2.75) is 38.7 Å². The molecule has 0 heterocycles. The quantitative estimate of drug-likeness (QED) is 0.599. The molecule has 0 saturated heterocycles. The highest BCUT2D eigenvalue weighted by molar-refractivity contribution is 4.88. The van der Waals surface area contributed by atoms with Crippen LogP contribution in [0, 0.1) is 5.92 Å². The second-order valence-corrected chi connectivity index (χ2v) is 3.58. The van der Waals surface area contributed by atoms with Gasteiger partial charge in [-0.15, -0.1) is 6.58 Å². The summed E-state index contributed by atoms with van der Waals surface area (Å²) in [6.07, 6.45) is 3.64. The van der Waals surface area contributed by atoms with Crippen molar-refractivity contribution in [3.8, 4) is 0 Å². The molecule has 2 heteroatoms. The van der Waals surface area contributed by atoms with Crippen molar-refractivity contribution in [1.29, 1.82) is 0 Å². The standard InChI is InChI=1S/C10H20O2/c1-4-6-10(12,9(2)3)7-5-8-11/h4,9,11-12H,1,5-8H2,2-3H3. The monoisotopic (exact) mass is 172 g/mol. The first-order valence-electron chi connectivity index (χ1n) is 4.51. The van der Waals surface area contributed by atoms with Gasteiger partial charge in [0, 0.05) is 6.61 Å². The Labute approximate surface area is 74.9 Å². The van der Waals surface area contributed by atoms with Crippen LogP contribution in [0.15, 0.2) is 12.7 Å². The second kappa shape index (κ2) is 5.33. The van der Waals surface area contributed by atoms with Gasteiger partial charge in [-0.25, -0.2) is 0 Å². The topological polar surface area (TPSA) is 40.5 Å². The van der Waals surface area contributed by atoms with E-state index in [9.17, 15) is 5.11 Å². The van der Waals surface area contributed by atoms with Crippen LogP contribution >= 0.6 is 0 Å². The molecule has 2 N–H and O–H groups in total. The molecule has 0 saturated carbocycles. The Bertz CT molecular complexity index is 132. The van der Waals surface area contributed by atoms with Gasteiger partial charge in [0.2, 0.25) is 0 Å². The molecule has 0 aromatic heterocycles. The fourth-order valence-corrected chi connectivity index (χ4v) is 1.26. The number of rotatable bonds is 6. The summed E-state index contributed by atoms with van der Waals surface area (Å²) in [5, 5.41) is 18.7. The van der Waals surface area contributed by atoms with Crippen molar-refractivity contribution in [2.24, 2.45) is 5.92 Å².